The van der Waals surface area contributed by atoms with Crippen LogP contribution in [0.2, 0.25) is 0 Å². The van der Waals surface area contributed by atoms with Crippen LogP contribution in [-0.4, -0.2) is 17.7 Å². The Morgan fingerprint density at radius 2 is 2.36 bits per heavy atom. The van der Waals surface area contributed by atoms with Crippen LogP contribution in [0, 0.1) is 11.3 Å². The summed E-state index contributed by atoms with van der Waals surface area (Å²) in [4.78, 5) is 11.0. The van der Waals surface area contributed by atoms with Crippen LogP contribution in [0.25, 0.3) is 0 Å². The van der Waals surface area contributed by atoms with Crippen molar-refractivity contribution in [2.24, 2.45) is 0 Å². The Bertz CT molecular complexity index is 371. The van der Waals surface area contributed by atoms with Crippen LogP contribution in [0.5, 0.6) is 5.75 Å². The van der Waals surface area contributed by atoms with E-state index < -0.39 is 6.03 Å². The summed E-state index contributed by atoms with van der Waals surface area (Å²) in [6, 6.07) is 7.44. The number of benzene rings is 1. The second-order valence-corrected chi connectivity index (χ2v) is 2.52. The van der Waals surface area contributed by atoms with E-state index in [1.807, 2.05) is 0 Å². The van der Waals surface area contributed by atoms with Crippen LogP contribution < -0.4 is 10.6 Å². The van der Waals surface area contributed by atoms with Gasteiger partial charge < -0.3 is 15.7 Å². The normalized spacial score (nSPS) is 8.79. The number of anilines is 1. The molecule has 0 saturated carbocycles. The first kappa shape index (κ1) is 9.86. The molecule has 0 radical (unpaired) electrons. The van der Waals surface area contributed by atoms with Gasteiger partial charge >= 0.3 is 6.03 Å². The molecule has 3 N–H and O–H groups in total. The van der Waals surface area contributed by atoms with E-state index in [1.165, 1.54) is 12.1 Å². The molecule has 5 heteroatoms. The minimum absolute atomic E-state index is 0.0509. The molecule has 2 amide bonds. The summed E-state index contributed by atoms with van der Waals surface area (Å²) in [6.45, 7) is -0.0509. The van der Waals surface area contributed by atoms with Crippen LogP contribution >= 0.6 is 0 Å². The van der Waals surface area contributed by atoms with Gasteiger partial charge in [-0.2, -0.15) is 5.26 Å². The van der Waals surface area contributed by atoms with Gasteiger partial charge in [-0.1, -0.05) is 6.07 Å². The van der Waals surface area contributed by atoms with Gasteiger partial charge in [-0.05, 0) is 12.1 Å². The first-order valence-corrected chi connectivity index (χ1v) is 3.93. The predicted octanol–water partition coefficient (Wildman–Crippen LogP) is 1.04. The lowest BCUT2D eigenvalue weighted by atomic mass is 10.3. The second-order valence-electron chi connectivity index (χ2n) is 2.52. The Morgan fingerprint density at radius 3 is 3.00 bits per heavy atom. The highest BCUT2D eigenvalue weighted by Crippen LogP contribution is 2.14. The maximum atomic E-state index is 11.0. The number of carbonyl (C=O) groups is 1. The molecule has 0 fully saturated rings. The van der Waals surface area contributed by atoms with Crippen molar-refractivity contribution in [3.05, 3.63) is 24.3 Å². The molecule has 72 valence electrons. The van der Waals surface area contributed by atoms with Crippen LogP contribution in [0.3, 0.4) is 0 Å². The summed E-state index contributed by atoms with van der Waals surface area (Å²) >= 11 is 0. The number of aromatic hydroxyl groups is 1. The molecule has 0 aliphatic heterocycles. The zero-order valence-electron chi connectivity index (χ0n) is 7.32. The van der Waals surface area contributed by atoms with E-state index in [4.69, 9.17) is 10.4 Å². The molecule has 0 aliphatic rings. The highest BCUT2D eigenvalue weighted by Gasteiger charge is 2.00. The van der Waals surface area contributed by atoms with E-state index in [1.54, 1.807) is 18.2 Å². The van der Waals surface area contributed by atoms with Gasteiger partial charge in [-0.25, -0.2) is 4.79 Å². The fraction of sp³-hybridized carbons (Fsp3) is 0.111. The number of carbonyl (C=O) groups excluding carboxylic acids is 1. The number of urea groups is 1. The van der Waals surface area contributed by atoms with Crippen molar-refractivity contribution in [1.29, 1.82) is 5.26 Å². The van der Waals surface area contributed by atoms with E-state index in [0.29, 0.717) is 5.69 Å². The number of nitrogens with one attached hydrogen (secondary N) is 2. The topological polar surface area (TPSA) is 85.2 Å². The number of nitrogens with zero attached hydrogens (tertiary/aromatic N) is 1. The molecule has 0 aliphatic carbocycles. The first-order chi connectivity index (χ1) is 6.72. The van der Waals surface area contributed by atoms with Crippen LogP contribution in [0.1, 0.15) is 0 Å². The lowest BCUT2D eigenvalue weighted by Gasteiger charge is -2.04. The van der Waals surface area contributed by atoms with Crippen molar-refractivity contribution in [2.45, 2.75) is 0 Å². The van der Waals surface area contributed by atoms with Crippen LogP contribution in [0.15, 0.2) is 24.3 Å². The molecule has 0 atom stereocenters. The fourth-order valence-electron chi connectivity index (χ4n) is 0.879. The van der Waals surface area contributed by atoms with Gasteiger partial charge in [0.15, 0.2) is 0 Å². The molecule has 0 unspecified atom stereocenters. The molecule has 5 nitrogen and oxygen atoms in total. The minimum Gasteiger partial charge on any atom is -0.508 e. The summed E-state index contributed by atoms with van der Waals surface area (Å²) < 4.78 is 0. The van der Waals surface area contributed by atoms with E-state index in [2.05, 4.69) is 10.6 Å². The molecule has 1 rings (SSSR count). The average Bonchev–Trinajstić information content (AvgIpc) is 2.15. The highest BCUT2D eigenvalue weighted by molar-refractivity contribution is 5.89. The summed E-state index contributed by atoms with van der Waals surface area (Å²) in [5.74, 6) is 0.0723. The van der Waals surface area contributed by atoms with Crippen molar-refractivity contribution in [3.8, 4) is 11.8 Å². The Kier molecular flexibility index (Phi) is 3.33. The number of hydrogen-bond acceptors (Lipinski definition) is 3. The molecule has 14 heavy (non-hydrogen) atoms. The number of nitriles is 1. The monoisotopic (exact) mass is 191 g/mol. The van der Waals surface area contributed by atoms with Crippen molar-refractivity contribution >= 4 is 11.7 Å². The summed E-state index contributed by atoms with van der Waals surface area (Å²) in [7, 11) is 0. The zero-order chi connectivity index (χ0) is 10.4. The Morgan fingerprint density at radius 1 is 1.57 bits per heavy atom. The van der Waals surface area contributed by atoms with Crippen molar-refractivity contribution in [3.63, 3.8) is 0 Å². The van der Waals surface area contributed by atoms with Gasteiger partial charge in [0.05, 0.1) is 6.07 Å². The van der Waals surface area contributed by atoms with E-state index in [9.17, 15) is 4.79 Å². The van der Waals surface area contributed by atoms with Crippen molar-refractivity contribution in [1.82, 2.24) is 5.32 Å². The SMILES string of the molecule is N#CCNC(=O)Nc1cccc(O)c1. The van der Waals surface area contributed by atoms with E-state index in [-0.39, 0.29) is 12.3 Å². The third-order valence-corrected chi connectivity index (χ3v) is 1.43. The molecule has 1 aromatic carbocycles. The predicted molar refractivity (Wildman–Crippen MR) is 50.7 cm³/mol. The van der Waals surface area contributed by atoms with E-state index >= 15 is 0 Å². The van der Waals surface area contributed by atoms with Gasteiger partial charge in [0, 0.05) is 11.8 Å². The highest BCUT2D eigenvalue weighted by atomic mass is 16.3. The van der Waals surface area contributed by atoms with Crippen molar-refractivity contribution in [2.75, 3.05) is 11.9 Å². The minimum atomic E-state index is -0.475. The maximum absolute atomic E-state index is 11.0. The summed E-state index contributed by atoms with van der Waals surface area (Å²) in [5, 5.41) is 22.0. The third kappa shape index (κ3) is 3.03. The fourth-order valence-corrected chi connectivity index (χ4v) is 0.879. The van der Waals surface area contributed by atoms with Crippen LogP contribution in [-0.2, 0) is 0 Å². The summed E-state index contributed by atoms with van der Waals surface area (Å²) in [5.41, 5.74) is 0.473. The summed E-state index contributed by atoms with van der Waals surface area (Å²) in [6.07, 6.45) is 0. The van der Waals surface area contributed by atoms with Gasteiger partial charge in [0.25, 0.3) is 0 Å². The zero-order valence-corrected chi connectivity index (χ0v) is 7.32. The number of hydrogen-bond donors (Lipinski definition) is 3. The smallest absolute Gasteiger partial charge is 0.320 e. The quantitative estimate of drug-likeness (QED) is 0.610. The largest absolute Gasteiger partial charge is 0.508 e. The third-order valence-electron chi connectivity index (χ3n) is 1.43. The lowest BCUT2D eigenvalue weighted by Crippen LogP contribution is -2.28. The average molecular weight is 191 g/mol. The lowest BCUT2D eigenvalue weighted by molar-refractivity contribution is 0.253. The van der Waals surface area contributed by atoms with Crippen molar-refractivity contribution < 1.29 is 9.90 Å². The molecular formula is C9H9N3O2. The Balaban J connectivity index is 2.53. The standard InChI is InChI=1S/C9H9N3O2/c10-4-5-11-9(14)12-7-2-1-3-8(13)6-7/h1-3,6,13H,5H2,(H2,11,12,14). The molecule has 0 heterocycles. The number of amides is 2. The second kappa shape index (κ2) is 4.72. The number of rotatable bonds is 2. The molecule has 0 aromatic heterocycles. The van der Waals surface area contributed by atoms with Gasteiger partial charge in [0.1, 0.15) is 12.3 Å². The maximum Gasteiger partial charge on any atom is 0.320 e. The molecule has 0 spiro atoms. The first-order valence-electron chi connectivity index (χ1n) is 3.93. The molecular weight excluding hydrogens is 182 g/mol. The molecule has 0 saturated heterocycles. The number of phenolic OH excluding ortho intramolecular Hbond substituents is 1. The van der Waals surface area contributed by atoms with Gasteiger partial charge in [0.2, 0.25) is 0 Å². The Hall–Kier alpha value is -2.22. The van der Waals surface area contributed by atoms with E-state index in [0.717, 1.165) is 0 Å². The Labute approximate surface area is 81.0 Å². The van der Waals surface area contributed by atoms with Gasteiger partial charge in [-0.3, -0.25) is 0 Å². The molecule has 1 aromatic rings. The number of phenols is 1. The van der Waals surface area contributed by atoms with Crippen LogP contribution in [0.4, 0.5) is 10.5 Å². The van der Waals surface area contributed by atoms with Gasteiger partial charge in [-0.15, -0.1) is 0 Å². The molecule has 0 bridgehead atoms.